The van der Waals surface area contributed by atoms with Gasteiger partial charge in [-0.25, -0.2) is 8.78 Å². The van der Waals surface area contributed by atoms with Crippen molar-refractivity contribution >= 4 is 12.2 Å². The van der Waals surface area contributed by atoms with Gasteiger partial charge in [0.2, 0.25) is 0 Å². The van der Waals surface area contributed by atoms with E-state index in [9.17, 15) is 8.78 Å². The molecule has 0 saturated heterocycles. The minimum absolute atomic E-state index is 0.523. The molecule has 0 aliphatic carbocycles. The molecule has 1 rings (SSSR count). The van der Waals surface area contributed by atoms with Gasteiger partial charge >= 0.3 is 6.75 Å². The maximum Gasteiger partial charge on any atom is 0.405 e. The molecular weight excluding hydrogens is 169 g/mol. The van der Waals surface area contributed by atoms with Crippen molar-refractivity contribution in [2.24, 2.45) is 0 Å². The molecule has 0 atom stereocenters. The third kappa shape index (κ3) is 1.79. The molecule has 0 bridgehead atoms. The summed E-state index contributed by atoms with van der Waals surface area (Å²) in [5.74, 6) is -1.92. The van der Waals surface area contributed by atoms with Crippen LogP contribution >= 0.6 is 0 Å². The van der Waals surface area contributed by atoms with Crippen molar-refractivity contribution in [3.8, 4) is 0 Å². The lowest BCUT2D eigenvalue weighted by atomic mass is 9.71. The molecule has 0 spiro atoms. The van der Waals surface area contributed by atoms with Crippen LogP contribution in [0, 0.1) is 11.6 Å². The first-order chi connectivity index (χ1) is 5.41. The van der Waals surface area contributed by atoms with Crippen molar-refractivity contribution in [2.45, 2.75) is 0 Å². The van der Waals surface area contributed by atoms with Gasteiger partial charge in [0.25, 0.3) is 0 Å². The fraction of sp³-hybridized carbons (Fsp3) is 0. The Kier molecular flexibility index (Phi) is 2.14. The molecule has 6 heteroatoms. The van der Waals surface area contributed by atoms with Gasteiger partial charge in [-0.15, -0.1) is 0 Å². The van der Waals surface area contributed by atoms with Crippen LogP contribution in [0.5, 0.6) is 0 Å². The molecule has 3 N–H and O–H groups in total. The minimum Gasteiger partial charge on any atom is -0.556 e. The number of rotatable bonds is 1. The van der Waals surface area contributed by atoms with E-state index in [1.165, 1.54) is 0 Å². The van der Waals surface area contributed by atoms with E-state index in [0.29, 0.717) is 12.1 Å². The second kappa shape index (κ2) is 2.82. The fourth-order valence-electron chi connectivity index (χ4n) is 0.811. The molecule has 0 amide bonds. The Morgan fingerprint density at radius 3 is 2.08 bits per heavy atom. The fourth-order valence-corrected chi connectivity index (χ4v) is 0.811. The van der Waals surface area contributed by atoms with Crippen LogP contribution in [0.2, 0.25) is 0 Å². The Hall–Kier alpha value is -0.975. The quantitative estimate of drug-likeness (QED) is 0.484. The van der Waals surface area contributed by atoms with Crippen LogP contribution in [0.15, 0.2) is 18.2 Å². The molecule has 66 valence electrons. The maximum absolute atomic E-state index is 12.6. The molecule has 12 heavy (non-hydrogen) atoms. The van der Waals surface area contributed by atoms with Crippen molar-refractivity contribution in [3.63, 3.8) is 0 Å². The molecular formula is C6H6BF2O3-. The highest BCUT2D eigenvalue weighted by Gasteiger charge is 2.22. The first-order valence-electron chi connectivity index (χ1n) is 3.18. The highest BCUT2D eigenvalue weighted by Crippen LogP contribution is 2.01. The predicted molar refractivity (Wildman–Crippen MR) is 38.4 cm³/mol. The van der Waals surface area contributed by atoms with Crippen molar-refractivity contribution in [1.29, 1.82) is 0 Å². The third-order valence-electron chi connectivity index (χ3n) is 1.38. The van der Waals surface area contributed by atoms with E-state index in [-0.39, 0.29) is 0 Å². The van der Waals surface area contributed by atoms with Gasteiger partial charge in [0, 0.05) is 0 Å². The number of hydrogen-bond acceptors (Lipinski definition) is 3. The number of benzene rings is 1. The first kappa shape index (κ1) is 9.12. The smallest absolute Gasteiger partial charge is 0.405 e. The van der Waals surface area contributed by atoms with E-state index in [4.69, 9.17) is 15.1 Å². The molecule has 0 aliphatic heterocycles. The SMILES string of the molecule is O[B-](O)(O)c1cc(F)ccc1F. The molecule has 0 aliphatic rings. The Morgan fingerprint density at radius 2 is 1.67 bits per heavy atom. The van der Waals surface area contributed by atoms with E-state index < -0.39 is 23.9 Å². The first-order valence-corrected chi connectivity index (χ1v) is 3.18. The number of halogens is 2. The Morgan fingerprint density at radius 1 is 1.08 bits per heavy atom. The lowest BCUT2D eigenvalue weighted by molar-refractivity contribution is 0.248. The molecule has 0 radical (unpaired) electrons. The average molecular weight is 175 g/mol. The second-order valence-corrected chi connectivity index (χ2v) is 2.40. The van der Waals surface area contributed by atoms with E-state index in [1.807, 2.05) is 0 Å². The summed E-state index contributed by atoms with van der Waals surface area (Å²) < 4.78 is 25.0. The van der Waals surface area contributed by atoms with Crippen molar-refractivity contribution in [1.82, 2.24) is 0 Å². The molecule has 0 fully saturated rings. The standard InChI is InChI=1S/C6H6BF2O3/c8-4-1-2-6(9)5(3-4)7(10,11)12/h1-3,10-12H/q-1. The van der Waals surface area contributed by atoms with Crippen LogP contribution in [0.25, 0.3) is 0 Å². The zero-order valence-corrected chi connectivity index (χ0v) is 5.91. The van der Waals surface area contributed by atoms with E-state index >= 15 is 0 Å². The van der Waals surface area contributed by atoms with Gasteiger partial charge in [-0.05, 0) is 12.1 Å². The van der Waals surface area contributed by atoms with Gasteiger partial charge in [0.05, 0.1) is 5.82 Å². The van der Waals surface area contributed by atoms with Crippen LogP contribution in [0.4, 0.5) is 8.78 Å². The van der Waals surface area contributed by atoms with Crippen molar-refractivity contribution < 1.29 is 23.9 Å². The summed E-state index contributed by atoms with van der Waals surface area (Å²) >= 11 is 0. The van der Waals surface area contributed by atoms with Crippen LogP contribution in [-0.4, -0.2) is 21.8 Å². The van der Waals surface area contributed by atoms with Gasteiger partial charge in [0.15, 0.2) is 0 Å². The summed E-state index contributed by atoms with van der Waals surface area (Å²) in [5, 5.41) is 25.7. The topological polar surface area (TPSA) is 60.7 Å². The summed E-state index contributed by atoms with van der Waals surface area (Å²) in [6.07, 6.45) is 0. The van der Waals surface area contributed by atoms with Crippen LogP contribution in [0.3, 0.4) is 0 Å². The molecule has 0 aromatic heterocycles. The molecule has 0 heterocycles. The normalized spacial score (nSPS) is 11.8. The summed E-state index contributed by atoms with van der Waals surface area (Å²) in [4.78, 5) is 0. The summed E-state index contributed by atoms with van der Waals surface area (Å²) in [7, 11) is 0. The second-order valence-electron chi connectivity index (χ2n) is 2.40. The van der Waals surface area contributed by atoms with Crippen LogP contribution in [0.1, 0.15) is 0 Å². The number of hydrogen-bond donors (Lipinski definition) is 3. The highest BCUT2D eigenvalue weighted by molar-refractivity contribution is 6.71. The monoisotopic (exact) mass is 175 g/mol. The van der Waals surface area contributed by atoms with Gasteiger partial charge in [-0.2, -0.15) is 0 Å². The highest BCUT2D eigenvalue weighted by atomic mass is 19.1. The summed E-state index contributed by atoms with van der Waals surface area (Å²) in [6, 6.07) is 2.03. The zero-order chi connectivity index (χ0) is 9.35. The molecule has 1 aromatic rings. The summed E-state index contributed by atoms with van der Waals surface area (Å²) in [6.45, 7) is -3.96. The predicted octanol–water partition coefficient (Wildman–Crippen LogP) is -0.912. The molecule has 0 saturated carbocycles. The van der Waals surface area contributed by atoms with Crippen molar-refractivity contribution in [3.05, 3.63) is 29.8 Å². The maximum atomic E-state index is 12.6. The molecule has 3 nitrogen and oxygen atoms in total. The van der Waals surface area contributed by atoms with Gasteiger partial charge in [0.1, 0.15) is 5.82 Å². The van der Waals surface area contributed by atoms with E-state index in [2.05, 4.69) is 0 Å². The molecule has 0 unspecified atom stereocenters. The average Bonchev–Trinajstić information content (AvgIpc) is 1.92. The lowest BCUT2D eigenvalue weighted by Crippen LogP contribution is -2.50. The van der Waals surface area contributed by atoms with Crippen molar-refractivity contribution in [2.75, 3.05) is 0 Å². The van der Waals surface area contributed by atoms with Gasteiger partial charge < -0.3 is 15.1 Å². The lowest BCUT2D eigenvalue weighted by Gasteiger charge is -2.21. The van der Waals surface area contributed by atoms with Gasteiger partial charge in [-0.1, -0.05) is 11.5 Å². The van der Waals surface area contributed by atoms with E-state index in [1.54, 1.807) is 0 Å². The minimum atomic E-state index is -3.96. The zero-order valence-electron chi connectivity index (χ0n) is 5.91. The van der Waals surface area contributed by atoms with Crippen LogP contribution < -0.4 is 5.46 Å². The Balaban J connectivity index is 3.23. The molecule has 1 aromatic carbocycles. The summed E-state index contributed by atoms with van der Waals surface area (Å²) in [5.41, 5.74) is -0.852. The Labute approximate surface area is 66.9 Å². The Bertz CT molecular complexity index is 297. The third-order valence-corrected chi connectivity index (χ3v) is 1.38. The van der Waals surface area contributed by atoms with Gasteiger partial charge in [-0.3, -0.25) is 0 Å². The van der Waals surface area contributed by atoms with Crippen LogP contribution in [-0.2, 0) is 0 Å². The van der Waals surface area contributed by atoms with E-state index in [0.717, 1.165) is 6.07 Å². The largest absolute Gasteiger partial charge is 0.556 e.